The van der Waals surface area contributed by atoms with Gasteiger partial charge in [0, 0.05) is 4.90 Å². The number of alkyl halides is 1. The van der Waals surface area contributed by atoms with Gasteiger partial charge in [0.25, 0.3) is 0 Å². The Bertz CT molecular complexity index is 608. The molecule has 20 heavy (non-hydrogen) atoms. The van der Waals surface area contributed by atoms with E-state index in [4.69, 9.17) is 0 Å². The van der Waals surface area contributed by atoms with Crippen molar-refractivity contribution in [3.8, 4) is 0 Å². The third-order valence-electron chi connectivity index (χ3n) is 2.78. The summed E-state index contributed by atoms with van der Waals surface area (Å²) in [6.07, 6.45) is 0. The second kappa shape index (κ2) is 7.10. The molecule has 1 unspecified atom stereocenters. The van der Waals surface area contributed by atoms with Crippen molar-refractivity contribution in [3.63, 3.8) is 0 Å². The number of halogens is 1. The Labute approximate surface area is 120 Å². The number of rotatable bonds is 5. The summed E-state index contributed by atoms with van der Waals surface area (Å²) in [4.78, 5) is 4.91. The molecule has 0 saturated carbocycles. The minimum atomic E-state index is -1.27. The van der Waals surface area contributed by atoms with Gasteiger partial charge in [0.05, 0.1) is 28.0 Å². The fourth-order valence-corrected chi connectivity index (χ4v) is 2.76. The van der Waals surface area contributed by atoms with Crippen LogP contribution in [0.25, 0.3) is 0 Å². The molecule has 0 fully saturated rings. The lowest BCUT2D eigenvalue weighted by molar-refractivity contribution is 0.580. The Morgan fingerprint density at radius 3 is 2.35 bits per heavy atom. The SMILES string of the molecule is Cc1ccc(S(=O)CC(CF)=Nc2ccccc2)cc1. The van der Waals surface area contributed by atoms with Crippen molar-refractivity contribution < 1.29 is 8.60 Å². The smallest absolute Gasteiger partial charge is 0.129 e. The van der Waals surface area contributed by atoms with Crippen LogP contribution in [0, 0.1) is 6.92 Å². The van der Waals surface area contributed by atoms with Gasteiger partial charge < -0.3 is 0 Å². The van der Waals surface area contributed by atoms with Crippen LogP contribution in [0.5, 0.6) is 0 Å². The zero-order valence-corrected chi connectivity index (χ0v) is 12.1. The monoisotopic (exact) mass is 289 g/mol. The Hall–Kier alpha value is -1.81. The Morgan fingerprint density at radius 2 is 1.75 bits per heavy atom. The maximum absolute atomic E-state index is 13.0. The first-order valence-corrected chi connectivity index (χ1v) is 7.63. The van der Waals surface area contributed by atoms with Crippen LogP contribution in [-0.2, 0) is 10.8 Å². The molecule has 4 heteroatoms. The van der Waals surface area contributed by atoms with E-state index in [0.717, 1.165) is 5.56 Å². The number of hydrogen-bond acceptors (Lipinski definition) is 2. The highest BCUT2D eigenvalue weighted by Gasteiger charge is 2.08. The number of hydrogen-bond donors (Lipinski definition) is 0. The van der Waals surface area contributed by atoms with Crippen LogP contribution >= 0.6 is 0 Å². The third kappa shape index (κ3) is 4.10. The van der Waals surface area contributed by atoms with Crippen molar-refractivity contribution in [2.45, 2.75) is 11.8 Å². The largest absolute Gasteiger partial charge is 0.254 e. The molecule has 0 amide bonds. The maximum Gasteiger partial charge on any atom is 0.129 e. The first-order valence-electron chi connectivity index (χ1n) is 6.31. The number of para-hydroxylation sites is 1. The van der Waals surface area contributed by atoms with E-state index < -0.39 is 17.5 Å². The fraction of sp³-hybridized carbons (Fsp3) is 0.188. The summed E-state index contributed by atoms with van der Waals surface area (Å²) < 4.78 is 25.2. The van der Waals surface area contributed by atoms with Gasteiger partial charge in [0.2, 0.25) is 0 Å². The van der Waals surface area contributed by atoms with E-state index in [0.29, 0.717) is 16.3 Å². The molecule has 0 aliphatic rings. The molecular weight excluding hydrogens is 273 g/mol. The molecule has 0 bridgehead atoms. The first kappa shape index (κ1) is 14.6. The molecule has 2 aromatic carbocycles. The quantitative estimate of drug-likeness (QED) is 0.769. The average molecular weight is 289 g/mol. The van der Waals surface area contributed by atoms with Gasteiger partial charge in [0.1, 0.15) is 6.67 Å². The van der Waals surface area contributed by atoms with Crippen LogP contribution in [0.1, 0.15) is 5.56 Å². The molecule has 1 atom stereocenters. The van der Waals surface area contributed by atoms with Crippen LogP contribution in [0.3, 0.4) is 0 Å². The van der Waals surface area contributed by atoms with E-state index in [1.54, 1.807) is 12.1 Å². The summed E-state index contributed by atoms with van der Waals surface area (Å²) in [5.41, 5.74) is 2.09. The number of nitrogens with zero attached hydrogens (tertiary/aromatic N) is 1. The standard InChI is InChI=1S/C16H16FNOS/c1-13-7-9-16(10-8-13)20(19)12-15(11-17)18-14-5-3-2-4-6-14/h2-10H,11-12H2,1H3. The topological polar surface area (TPSA) is 29.4 Å². The van der Waals surface area contributed by atoms with E-state index in [1.165, 1.54) is 0 Å². The second-order valence-corrected chi connectivity index (χ2v) is 5.90. The normalized spacial score (nSPS) is 13.2. The maximum atomic E-state index is 13.0. The van der Waals surface area contributed by atoms with Crippen LogP contribution in [-0.4, -0.2) is 22.3 Å². The molecule has 2 aromatic rings. The lowest BCUT2D eigenvalue weighted by Crippen LogP contribution is -2.12. The molecule has 0 saturated heterocycles. The summed E-state index contributed by atoms with van der Waals surface area (Å²) in [7, 11) is -1.27. The van der Waals surface area contributed by atoms with Crippen LogP contribution in [0.15, 0.2) is 64.5 Å². The van der Waals surface area contributed by atoms with Gasteiger partial charge in [-0.05, 0) is 31.2 Å². The Balaban J connectivity index is 2.12. The Morgan fingerprint density at radius 1 is 1.10 bits per heavy atom. The highest BCUT2D eigenvalue weighted by atomic mass is 32.2. The van der Waals surface area contributed by atoms with Gasteiger partial charge >= 0.3 is 0 Å². The van der Waals surface area contributed by atoms with Gasteiger partial charge in [-0.1, -0.05) is 35.9 Å². The molecule has 0 aromatic heterocycles. The van der Waals surface area contributed by atoms with Crippen LogP contribution < -0.4 is 0 Å². The van der Waals surface area contributed by atoms with E-state index in [-0.39, 0.29) is 5.75 Å². The van der Waals surface area contributed by atoms with E-state index >= 15 is 0 Å². The fourth-order valence-electron chi connectivity index (χ4n) is 1.71. The van der Waals surface area contributed by atoms with Crippen molar-refractivity contribution >= 4 is 22.2 Å². The number of aliphatic imine (C=N–C) groups is 1. The first-order chi connectivity index (χ1) is 9.69. The molecule has 0 N–H and O–H groups in total. The van der Waals surface area contributed by atoms with Crippen molar-refractivity contribution in [2.24, 2.45) is 4.99 Å². The highest BCUT2D eigenvalue weighted by Crippen LogP contribution is 2.13. The lowest BCUT2D eigenvalue weighted by Gasteiger charge is -2.04. The Kier molecular flexibility index (Phi) is 5.18. The van der Waals surface area contributed by atoms with Crippen molar-refractivity contribution in [2.75, 3.05) is 12.4 Å². The minimum absolute atomic E-state index is 0.119. The molecular formula is C16H16FNOS. The molecule has 0 aliphatic carbocycles. The van der Waals surface area contributed by atoms with Crippen molar-refractivity contribution in [3.05, 3.63) is 60.2 Å². The van der Waals surface area contributed by atoms with Crippen LogP contribution in [0.4, 0.5) is 10.1 Å². The van der Waals surface area contributed by atoms with Gasteiger partial charge in [-0.25, -0.2) is 4.39 Å². The predicted molar refractivity (Wildman–Crippen MR) is 82.0 cm³/mol. The van der Waals surface area contributed by atoms with Gasteiger partial charge in [-0.15, -0.1) is 0 Å². The zero-order valence-electron chi connectivity index (χ0n) is 11.3. The van der Waals surface area contributed by atoms with Gasteiger partial charge in [0.15, 0.2) is 0 Å². The van der Waals surface area contributed by atoms with E-state index in [2.05, 4.69) is 4.99 Å². The predicted octanol–water partition coefficient (Wildman–Crippen LogP) is 3.84. The van der Waals surface area contributed by atoms with Gasteiger partial charge in [-0.3, -0.25) is 9.20 Å². The van der Waals surface area contributed by atoms with Crippen LogP contribution in [0.2, 0.25) is 0 Å². The summed E-state index contributed by atoms with van der Waals surface area (Å²) >= 11 is 0. The molecule has 2 nitrogen and oxygen atoms in total. The summed E-state index contributed by atoms with van der Waals surface area (Å²) in [5, 5.41) is 0. The third-order valence-corrected chi connectivity index (χ3v) is 4.17. The van der Waals surface area contributed by atoms with E-state index in [1.807, 2.05) is 49.4 Å². The zero-order chi connectivity index (χ0) is 14.4. The average Bonchev–Trinajstić information content (AvgIpc) is 2.48. The molecule has 0 heterocycles. The highest BCUT2D eigenvalue weighted by molar-refractivity contribution is 7.85. The van der Waals surface area contributed by atoms with E-state index in [9.17, 15) is 8.60 Å². The summed E-state index contributed by atoms with van der Waals surface area (Å²) in [6.45, 7) is 1.28. The number of benzene rings is 2. The summed E-state index contributed by atoms with van der Waals surface area (Å²) in [6, 6.07) is 16.6. The molecule has 2 rings (SSSR count). The molecule has 0 spiro atoms. The summed E-state index contributed by atoms with van der Waals surface area (Å²) in [5.74, 6) is 0.119. The molecule has 0 radical (unpaired) electrons. The minimum Gasteiger partial charge on any atom is -0.254 e. The number of aryl methyl sites for hydroxylation is 1. The van der Waals surface area contributed by atoms with Crippen molar-refractivity contribution in [1.82, 2.24) is 0 Å². The lowest BCUT2D eigenvalue weighted by atomic mass is 10.2. The van der Waals surface area contributed by atoms with Crippen molar-refractivity contribution in [1.29, 1.82) is 0 Å². The molecule has 104 valence electrons. The van der Waals surface area contributed by atoms with Gasteiger partial charge in [-0.2, -0.15) is 0 Å². The second-order valence-electron chi connectivity index (χ2n) is 4.45. The molecule has 0 aliphatic heterocycles.